The Bertz CT molecular complexity index is 945. The molecule has 3 aromatic rings. The minimum Gasteiger partial charge on any atom is -0.497 e. The van der Waals surface area contributed by atoms with E-state index in [-0.39, 0.29) is 0 Å². The topological polar surface area (TPSA) is 67.2 Å². The Morgan fingerprint density at radius 3 is 2.37 bits per heavy atom. The van der Waals surface area contributed by atoms with Crippen molar-refractivity contribution in [1.82, 2.24) is 9.88 Å². The van der Waals surface area contributed by atoms with Crippen molar-refractivity contribution in [2.24, 2.45) is 5.16 Å². The average molecular weight is 361 g/mol. The van der Waals surface area contributed by atoms with Crippen LogP contribution in [0.4, 0.5) is 0 Å². The molecule has 0 aliphatic carbocycles. The monoisotopic (exact) mass is 361 g/mol. The summed E-state index contributed by atoms with van der Waals surface area (Å²) in [5, 5.41) is 13.1. The summed E-state index contributed by atoms with van der Waals surface area (Å²) in [6.07, 6.45) is 1.65. The van der Waals surface area contributed by atoms with E-state index in [1.807, 2.05) is 41.3 Å². The average Bonchev–Trinajstić information content (AvgIpc) is 3.14. The van der Waals surface area contributed by atoms with Crippen LogP contribution < -0.4 is 9.47 Å². The number of pyridine rings is 1. The Morgan fingerprint density at radius 2 is 1.74 bits per heavy atom. The lowest BCUT2D eigenvalue weighted by molar-refractivity contribution is 0.301. The van der Waals surface area contributed by atoms with Crippen LogP contribution in [0.15, 0.2) is 72.0 Å². The second-order valence-electron chi connectivity index (χ2n) is 6.21. The number of methoxy groups -OCH3 is 1. The minimum absolute atomic E-state index is 0.453. The van der Waals surface area contributed by atoms with Crippen molar-refractivity contribution in [2.75, 3.05) is 7.11 Å². The van der Waals surface area contributed by atoms with Gasteiger partial charge in [-0.05, 0) is 29.3 Å². The lowest BCUT2D eigenvalue weighted by atomic mass is 10.1. The first-order valence-corrected chi connectivity index (χ1v) is 8.59. The van der Waals surface area contributed by atoms with Gasteiger partial charge in [0.1, 0.15) is 11.5 Å². The Morgan fingerprint density at radius 1 is 1.00 bits per heavy atom. The van der Waals surface area contributed by atoms with Crippen LogP contribution in [0.5, 0.6) is 17.4 Å². The largest absolute Gasteiger partial charge is 0.497 e. The lowest BCUT2D eigenvalue weighted by Gasteiger charge is -2.18. The van der Waals surface area contributed by atoms with Crippen LogP contribution in [0.3, 0.4) is 0 Å². The molecule has 0 saturated carbocycles. The fourth-order valence-electron chi connectivity index (χ4n) is 3.14. The Kier molecular flexibility index (Phi) is 4.61. The van der Waals surface area contributed by atoms with Gasteiger partial charge in [-0.2, -0.15) is 0 Å². The summed E-state index contributed by atoms with van der Waals surface area (Å²) in [7, 11) is 1.61. The molecular weight excluding hydrogens is 342 g/mol. The lowest BCUT2D eigenvalue weighted by Crippen LogP contribution is -2.26. The minimum atomic E-state index is 0.453. The molecule has 1 N–H and O–H groups in total. The van der Waals surface area contributed by atoms with Crippen LogP contribution in [0.1, 0.15) is 16.7 Å². The molecule has 0 spiro atoms. The number of amidine groups is 1. The highest BCUT2D eigenvalue weighted by Gasteiger charge is 2.23. The van der Waals surface area contributed by atoms with Crippen molar-refractivity contribution in [3.8, 4) is 17.4 Å². The van der Waals surface area contributed by atoms with E-state index in [1.165, 1.54) is 11.1 Å². The van der Waals surface area contributed by atoms with E-state index < -0.39 is 0 Å². The zero-order chi connectivity index (χ0) is 18.6. The molecule has 1 aromatic heterocycles. The van der Waals surface area contributed by atoms with Gasteiger partial charge in [0, 0.05) is 37.0 Å². The molecule has 2 aromatic carbocycles. The first kappa shape index (κ1) is 16.9. The maximum absolute atomic E-state index is 9.55. The predicted molar refractivity (Wildman–Crippen MR) is 101 cm³/mol. The van der Waals surface area contributed by atoms with Crippen molar-refractivity contribution in [1.29, 1.82) is 0 Å². The van der Waals surface area contributed by atoms with Gasteiger partial charge in [-0.1, -0.05) is 35.5 Å². The fourth-order valence-corrected chi connectivity index (χ4v) is 3.14. The van der Waals surface area contributed by atoms with Gasteiger partial charge in [0.2, 0.25) is 5.88 Å². The maximum Gasteiger partial charge on any atom is 0.219 e. The third kappa shape index (κ3) is 3.55. The molecule has 136 valence electrons. The Hall–Kier alpha value is -3.54. The van der Waals surface area contributed by atoms with Gasteiger partial charge in [-0.3, -0.25) is 0 Å². The standard InChI is InChI=1S/C21H19N3O3/c1-26-18-7-4-8-19(11-18)27-20-10-9-15(12-22-20)21(23-25)24-13-16-5-2-3-6-17(16)14-24/h2-12,25H,13-14H2,1H3/b23-21-. The second-order valence-corrected chi connectivity index (χ2v) is 6.21. The molecule has 4 rings (SSSR count). The normalized spacial score (nSPS) is 13.4. The summed E-state index contributed by atoms with van der Waals surface area (Å²) < 4.78 is 11.0. The first-order chi connectivity index (χ1) is 13.3. The summed E-state index contributed by atoms with van der Waals surface area (Å²) >= 11 is 0. The first-order valence-electron chi connectivity index (χ1n) is 8.59. The van der Waals surface area contributed by atoms with Gasteiger partial charge in [-0.15, -0.1) is 0 Å². The van der Waals surface area contributed by atoms with Crippen molar-refractivity contribution >= 4 is 5.84 Å². The summed E-state index contributed by atoms with van der Waals surface area (Å²) in [4.78, 5) is 6.36. The number of hydrogen-bond donors (Lipinski definition) is 1. The number of oxime groups is 1. The molecular formula is C21H19N3O3. The van der Waals surface area contributed by atoms with Crippen molar-refractivity contribution in [3.05, 3.63) is 83.6 Å². The van der Waals surface area contributed by atoms with E-state index in [9.17, 15) is 5.21 Å². The molecule has 0 saturated heterocycles. The summed E-state index contributed by atoms with van der Waals surface area (Å²) in [5.74, 6) is 2.30. The maximum atomic E-state index is 9.55. The van der Waals surface area contributed by atoms with E-state index in [4.69, 9.17) is 9.47 Å². The van der Waals surface area contributed by atoms with Crippen molar-refractivity contribution in [3.63, 3.8) is 0 Å². The SMILES string of the molecule is COc1cccc(Oc2ccc(/C(=N/O)N3Cc4ccccc4C3)cn2)c1. The van der Waals surface area contributed by atoms with Crippen LogP contribution in [-0.2, 0) is 13.1 Å². The van der Waals surface area contributed by atoms with Crippen LogP contribution in [0.2, 0.25) is 0 Å². The molecule has 1 aliphatic rings. The number of fused-ring (bicyclic) bond motifs is 1. The molecule has 0 bridgehead atoms. The zero-order valence-corrected chi connectivity index (χ0v) is 14.9. The van der Waals surface area contributed by atoms with Gasteiger partial charge in [0.25, 0.3) is 0 Å². The number of nitrogens with zero attached hydrogens (tertiary/aromatic N) is 3. The van der Waals surface area contributed by atoms with E-state index >= 15 is 0 Å². The van der Waals surface area contributed by atoms with Crippen molar-refractivity contribution in [2.45, 2.75) is 13.1 Å². The van der Waals surface area contributed by atoms with Gasteiger partial charge in [0.05, 0.1) is 7.11 Å². The second kappa shape index (κ2) is 7.37. The Balaban J connectivity index is 1.49. The number of aromatic nitrogens is 1. The summed E-state index contributed by atoms with van der Waals surface area (Å²) in [6, 6.07) is 19.1. The molecule has 0 amide bonds. The number of rotatable bonds is 4. The smallest absolute Gasteiger partial charge is 0.219 e. The van der Waals surface area contributed by atoms with Crippen LogP contribution in [0, 0.1) is 0 Å². The van der Waals surface area contributed by atoms with E-state index in [0.29, 0.717) is 36.3 Å². The highest BCUT2D eigenvalue weighted by molar-refractivity contribution is 5.98. The number of hydrogen-bond acceptors (Lipinski definition) is 5. The summed E-state index contributed by atoms with van der Waals surface area (Å²) in [6.45, 7) is 1.41. The Labute approximate surface area is 157 Å². The molecule has 0 fully saturated rings. The van der Waals surface area contributed by atoms with Gasteiger partial charge in [-0.25, -0.2) is 4.98 Å². The zero-order valence-electron chi connectivity index (χ0n) is 14.9. The molecule has 6 nitrogen and oxygen atoms in total. The van der Waals surface area contributed by atoms with E-state index in [1.54, 1.807) is 25.4 Å². The summed E-state index contributed by atoms with van der Waals surface area (Å²) in [5.41, 5.74) is 3.21. The van der Waals surface area contributed by atoms with E-state index in [0.717, 1.165) is 5.56 Å². The highest BCUT2D eigenvalue weighted by atomic mass is 16.5. The van der Waals surface area contributed by atoms with Gasteiger partial charge < -0.3 is 19.6 Å². The third-order valence-electron chi connectivity index (χ3n) is 4.49. The number of ether oxygens (including phenoxy) is 2. The van der Waals surface area contributed by atoms with Crippen LogP contribution in [0.25, 0.3) is 0 Å². The number of benzene rings is 2. The molecule has 2 heterocycles. The third-order valence-corrected chi connectivity index (χ3v) is 4.49. The van der Waals surface area contributed by atoms with E-state index in [2.05, 4.69) is 22.3 Å². The van der Waals surface area contributed by atoms with Crippen LogP contribution in [-0.4, -0.2) is 28.0 Å². The molecule has 0 unspecified atom stereocenters. The molecule has 27 heavy (non-hydrogen) atoms. The highest BCUT2D eigenvalue weighted by Crippen LogP contribution is 2.26. The van der Waals surface area contributed by atoms with Crippen molar-refractivity contribution < 1.29 is 14.7 Å². The quantitative estimate of drug-likeness (QED) is 0.329. The predicted octanol–water partition coefficient (Wildman–Crippen LogP) is 4.03. The fraction of sp³-hybridized carbons (Fsp3) is 0.143. The molecule has 6 heteroatoms. The van der Waals surface area contributed by atoms with Gasteiger partial charge in [0.15, 0.2) is 5.84 Å². The molecule has 0 atom stereocenters. The van der Waals surface area contributed by atoms with Gasteiger partial charge >= 0.3 is 0 Å². The molecule has 1 aliphatic heterocycles. The van der Waals surface area contributed by atoms with Crippen LogP contribution >= 0.6 is 0 Å². The molecule has 0 radical (unpaired) electrons.